The van der Waals surface area contributed by atoms with Crippen LogP contribution in [-0.4, -0.2) is 26.6 Å². The first kappa shape index (κ1) is 12.0. The third-order valence-corrected chi connectivity index (χ3v) is 2.14. The van der Waals surface area contributed by atoms with Crippen molar-refractivity contribution >= 4 is 18.1 Å². The Bertz CT molecular complexity index is 415. The van der Waals surface area contributed by atoms with Gasteiger partial charge in [0.1, 0.15) is 5.75 Å². The van der Waals surface area contributed by atoms with Crippen LogP contribution in [-0.2, 0) is 4.74 Å². The van der Waals surface area contributed by atoms with Gasteiger partial charge in [-0.1, -0.05) is 0 Å². The molecule has 0 aliphatic rings. The number of benzene rings is 1. The Morgan fingerprint density at radius 1 is 1.38 bits per heavy atom. The molecule has 1 aromatic rings. The molecule has 5 nitrogen and oxygen atoms in total. The van der Waals surface area contributed by atoms with E-state index in [-0.39, 0.29) is 0 Å². The van der Waals surface area contributed by atoms with Crippen LogP contribution in [0, 0.1) is 6.92 Å². The lowest BCUT2D eigenvalue weighted by molar-refractivity contribution is 0.112. The number of nitrogens with one attached hydrogen (secondary N) is 1. The molecule has 0 fully saturated rings. The van der Waals surface area contributed by atoms with Crippen LogP contribution in [0.25, 0.3) is 0 Å². The topological polar surface area (TPSA) is 64.6 Å². The number of methoxy groups -OCH3 is 2. The number of hydrogen-bond acceptors (Lipinski definition) is 4. The van der Waals surface area contributed by atoms with Crippen molar-refractivity contribution in [3.05, 3.63) is 23.3 Å². The highest BCUT2D eigenvalue weighted by Crippen LogP contribution is 2.25. The number of anilines is 1. The molecule has 0 saturated carbocycles. The molecule has 0 bridgehead atoms. The van der Waals surface area contributed by atoms with Crippen LogP contribution in [0.3, 0.4) is 0 Å². The number of aryl methyl sites for hydroxylation is 1. The van der Waals surface area contributed by atoms with E-state index in [0.717, 1.165) is 5.56 Å². The summed E-state index contributed by atoms with van der Waals surface area (Å²) >= 11 is 0. The van der Waals surface area contributed by atoms with E-state index in [4.69, 9.17) is 4.74 Å². The number of hydrogen-bond donors (Lipinski definition) is 1. The quantitative estimate of drug-likeness (QED) is 0.796. The predicted octanol–water partition coefficient (Wildman–Crippen LogP) is 1.99. The van der Waals surface area contributed by atoms with Crippen molar-refractivity contribution in [3.63, 3.8) is 0 Å². The minimum absolute atomic E-state index is 0.374. The van der Waals surface area contributed by atoms with Crippen LogP contribution in [0.5, 0.6) is 5.75 Å². The molecule has 0 aliphatic heterocycles. The summed E-state index contributed by atoms with van der Waals surface area (Å²) in [6.07, 6.45) is 0.0517. The summed E-state index contributed by atoms with van der Waals surface area (Å²) in [5, 5.41) is 2.45. The summed E-state index contributed by atoms with van der Waals surface area (Å²) in [4.78, 5) is 22.0. The maximum absolute atomic E-state index is 11.1. The van der Waals surface area contributed by atoms with Gasteiger partial charge in [-0.05, 0) is 18.6 Å². The lowest BCUT2D eigenvalue weighted by Crippen LogP contribution is -2.13. The van der Waals surface area contributed by atoms with E-state index in [0.29, 0.717) is 23.3 Å². The van der Waals surface area contributed by atoms with E-state index in [9.17, 15) is 9.59 Å². The van der Waals surface area contributed by atoms with Crippen molar-refractivity contribution in [3.8, 4) is 5.75 Å². The summed E-state index contributed by atoms with van der Waals surface area (Å²) in [7, 11) is 2.76. The summed E-state index contributed by atoms with van der Waals surface area (Å²) in [5.74, 6) is 0.564. The van der Waals surface area contributed by atoms with Gasteiger partial charge in [0, 0.05) is 11.6 Å². The minimum atomic E-state index is -0.629. The molecular weight excluding hydrogens is 210 g/mol. The molecule has 0 radical (unpaired) electrons. The van der Waals surface area contributed by atoms with E-state index in [1.54, 1.807) is 19.1 Å². The van der Waals surface area contributed by atoms with Gasteiger partial charge in [-0.15, -0.1) is 0 Å². The van der Waals surface area contributed by atoms with Crippen LogP contribution in [0.2, 0.25) is 0 Å². The Labute approximate surface area is 93.4 Å². The normalized spacial score (nSPS) is 9.44. The maximum Gasteiger partial charge on any atom is 0.411 e. The van der Waals surface area contributed by atoms with Gasteiger partial charge < -0.3 is 9.47 Å². The van der Waals surface area contributed by atoms with Crippen molar-refractivity contribution in [2.24, 2.45) is 0 Å². The van der Waals surface area contributed by atoms with E-state index in [2.05, 4.69) is 10.1 Å². The Morgan fingerprint density at radius 3 is 2.56 bits per heavy atom. The highest BCUT2D eigenvalue weighted by molar-refractivity contribution is 5.94. The molecule has 0 heterocycles. The molecular formula is C11H13NO4. The summed E-state index contributed by atoms with van der Waals surface area (Å²) < 4.78 is 9.50. The van der Waals surface area contributed by atoms with Gasteiger partial charge >= 0.3 is 6.09 Å². The largest absolute Gasteiger partial charge is 0.497 e. The molecule has 1 aromatic carbocycles. The third kappa shape index (κ3) is 2.50. The standard InChI is InChI=1S/C11H13NO4/c1-7-4-8(15-2)5-10(9(7)6-13)12-11(14)16-3/h4-6H,1-3H3,(H,12,14). The second-order valence-corrected chi connectivity index (χ2v) is 3.14. The SMILES string of the molecule is COC(=O)Nc1cc(OC)cc(C)c1C=O. The zero-order chi connectivity index (χ0) is 12.1. The fourth-order valence-corrected chi connectivity index (χ4v) is 1.30. The Balaban J connectivity index is 3.17. The monoisotopic (exact) mass is 223 g/mol. The summed E-state index contributed by atoms with van der Waals surface area (Å²) in [6, 6.07) is 3.28. The first-order chi connectivity index (χ1) is 7.62. The zero-order valence-corrected chi connectivity index (χ0v) is 9.37. The van der Waals surface area contributed by atoms with Crippen LogP contribution < -0.4 is 10.1 Å². The van der Waals surface area contributed by atoms with Crippen LogP contribution in [0.4, 0.5) is 10.5 Å². The summed E-state index contributed by atoms with van der Waals surface area (Å²) in [5.41, 5.74) is 1.51. The van der Waals surface area contributed by atoms with Gasteiger partial charge in [0.25, 0.3) is 0 Å². The lowest BCUT2D eigenvalue weighted by Gasteiger charge is -2.11. The fraction of sp³-hybridized carbons (Fsp3) is 0.273. The molecule has 1 N–H and O–H groups in total. The number of carbonyl (C=O) groups is 2. The number of rotatable bonds is 3. The maximum atomic E-state index is 11.1. The van der Waals surface area contributed by atoms with Crippen molar-refractivity contribution in [2.75, 3.05) is 19.5 Å². The van der Waals surface area contributed by atoms with Crippen molar-refractivity contribution in [2.45, 2.75) is 6.92 Å². The number of amides is 1. The number of carbonyl (C=O) groups excluding carboxylic acids is 2. The van der Waals surface area contributed by atoms with E-state index >= 15 is 0 Å². The molecule has 0 unspecified atom stereocenters. The molecule has 86 valence electrons. The summed E-state index contributed by atoms with van der Waals surface area (Å²) in [6.45, 7) is 1.76. The van der Waals surface area contributed by atoms with Gasteiger partial charge in [0.05, 0.1) is 19.9 Å². The molecule has 5 heteroatoms. The highest BCUT2D eigenvalue weighted by atomic mass is 16.5. The van der Waals surface area contributed by atoms with E-state index in [1.165, 1.54) is 14.2 Å². The van der Waals surface area contributed by atoms with Gasteiger partial charge in [0.15, 0.2) is 6.29 Å². The lowest BCUT2D eigenvalue weighted by atomic mass is 10.1. The van der Waals surface area contributed by atoms with Gasteiger partial charge in [-0.25, -0.2) is 4.79 Å². The zero-order valence-electron chi connectivity index (χ0n) is 9.37. The first-order valence-corrected chi connectivity index (χ1v) is 4.61. The Morgan fingerprint density at radius 2 is 2.06 bits per heavy atom. The van der Waals surface area contributed by atoms with Crippen molar-refractivity contribution in [1.29, 1.82) is 0 Å². The first-order valence-electron chi connectivity index (χ1n) is 4.61. The number of ether oxygens (including phenoxy) is 2. The smallest absolute Gasteiger partial charge is 0.411 e. The van der Waals surface area contributed by atoms with Crippen LogP contribution in [0.15, 0.2) is 12.1 Å². The number of aldehydes is 1. The second-order valence-electron chi connectivity index (χ2n) is 3.14. The molecule has 0 spiro atoms. The van der Waals surface area contributed by atoms with Crippen LogP contribution in [0.1, 0.15) is 15.9 Å². The van der Waals surface area contributed by atoms with Crippen molar-refractivity contribution < 1.29 is 19.1 Å². The van der Waals surface area contributed by atoms with Gasteiger partial charge in [0.2, 0.25) is 0 Å². The van der Waals surface area contributed by atoms with Gasteiger partial charge in [-0.2, -0.15) is 0 Å². The average molecular weight is 223 g/mol. The van der Waals surface area contributed by atoms with Gasteiger partial charge in [-0.3, -0.25) is 10.1 Å². The Kier molecular flexibility index (Phi) is 3.88. The van der Waals surface area contributed by atoms with Crippen LogP contribution >= 0.6 is 0 Å². The molecule has 0 aromatic heterocycles. The fourth-order valence-electron chi connectivity index (χ4n) is 1.30. The molecule has 0 saturated heterocycles. The molecule has 0 aliphatic carbocycles. The molecule has 0 atom stereocenters. The third-order valence-electron chi connectivity index (χ3n) is 2.14. The van der Waals surface area contributed by atoms with E-state index < -0.39 is 6.09 Å². The van der Waals surface area contributed by atoms with Crippen molar-refractivity contribution in [1.82, 2.24) is 0 Å². The second kappa shape index (κ2) is 5.16. The molecule has 1 rings (SSSR count). The minimum Gasteiger partial charge on any atom is -0.497 e. The Hall–Kier alpha value is -2.04. The highest BCUT2D eigenvalue weighted by Gasteiger charge is 2.10. The molecule has 16 heavy (non-hydrogen) atoms. The molecule has 1 amide bonds. The van der Waals surface area contributed by atoms with E-state index in [1.807, 2.05) is 0 Å². The predicted molar refractivity (Wildman–Crippen MR) is 59.1 cm³/mol. The average Bonchev–Trinajstić information content (AvgIpc) is 2.28.